The van der Waals surface area contributed by atoms with Gasteiger partial charge in [-0.25, -0.2) is 19.3 Å². The molecule has 0 saturated carbocycles. The predicted octanol–water partition coefficient (Wildman–Crippen LogP) is 4.77. The number of halogens is 1. The van der Waals surface area contributed by atoms with E-state index in [4.69, 9.17) is 4.74 Å². The fourth-order valence-electron chi connectivity index (χ4n) is 3.95. The number of nitrogens with zero attached hydrogens (tertiary/aromatic N) is 5. The molecule has 1 aromatic carbocycles. The van der Waals surface area contributed by atoms with Crippen LogP contribution in [0.3, 0.4) is 0 Å². The molecule has 160 valence electrons. The third kappa shape index (κ3) is 3.26. The van der Waals surface area contributed by atoms with Crippen molar-refractivity contribution in [2.24, 2.45) is 0 Å². The van der Waals surface area contributed by atoms with Gasteiger partial charge in [0.25, 0.3) is 0 Å². The van der Waals surface area contributed by atoms with E-state index in [-0.39, 0.29) is 5.82 Å². The normalized spacial score (nSPS) is 11.3. The van der Waals surface area contributed by atoms with Crippen LogP contribution in [0.4, 0.5) is 4.39 Å². The van der Waals surface area contributed by atoms with E-state index in [9.17, 15) is 4.39 Å². The van der Waals surface area contributed by atoms with Crippen LogP contribution >= 0.6 is 0 Å². The Labute approximate surface area is 186 Å². The lowest BCUT2D eigenvalue weighted by Crippen LogP contribution is -1.88. The van der Waals surface area contributed by atoms with Gasteiger partial charge in [0.15, 0.2) is 0 Å². The highest BCUT2D eigenvalue weighted by atomic mass is 19.1. The Bertz CT molecular complexity index is 1620. The van der Waals surface area contributed by atoms with Crippen molar-refractivity contribution in [1.82, 2.24) is 35.1 Å². The summed E-state index contributed by atoms with van der Waals surface area (Å²) in [6.45, 7) is 0. The molecule has 0 aliphatic heterocycles. The van der Waals surface area contributed by atoms with E-state index >= 15 is 0 Å². The van der Waals surface area contributed by atoms with E-state index in [0.717, 1.165) is 44.5 Å². The van der Waals surface area contributed by atoms with Crippen molar-refractivity contribution in [2.75, 3.05) is 7.11 Å². The molecule has 0 spiro atoms. The molecule has 0 fully saturated rings. The fourth-order valence-corrected chi connectivity index (χ4v) is 3.95. The number of nitrogens with one attached hydrogen (secondary N) is 2. The largest absolute Gasteiger partial charge is 0.497 e. The second-order valence-electron chi connectivity index (χ2n) is 7.50. The average Bonchev–Trinajstić information content (AvgIpc) is 3.47. The first kappa shape index (κ1) is 19.1. The first-order valence-electron chi connectivity index (χ1n) is 10.1. The number of aromatic nitrogens is 7. The van der Waals surface area contributed by atoms with Gasteiger partial charge in [-0.2, -0.15) is 5.10 Å². The summed E-state index contributed by atoms with van der Waals surface area (Å²) >= 11 is 0. The molecule has 6 rings (SSSR count). The van der Waals surface area contributed by atoms with Crippen LogP contribution in [0, 0.1) is 5.82 Å². The molecule has 0 atom stereocenters. The van der Waals surface area contributed by atoms with Crippen molar-refractivity contribution in [3.05, 3.63) is 73.3 Å². The Morgan fingerprint density at radius 1 is 0.909 bits per heavy atom. The molecule has 6 aromatic rings. The van der Waals surface area contributed by atoms with Crippen LogP contribution in [0.5, 0.6) is 5.75 Å². The van der Waals surface area contributed by atoms with Gasteiger partial charge in [0.1, 0.15) is 29.2 Å². The molecule has 0 unspecified atom stereocenters. The predicted molar refractivity (Wildman–Crippen MR) is 122 cm³/mol. The molecule has 5 heterocycles. The number of methoxy groups -OCH3 is 1. The molecule has 8 nitrogen and oxygen atoms in total. The number of pyridine rings is 2. The van der Waals surface area contributed by atoms with Crippen molar-refractivity contribution in [1.29, 1.82) is 0 Å². The molecule has 0 saturated heterocycles. The van der Waals surface area contributed by atoms with Gasteiger partial charge in [-0.3, -0.25) is 10.1 Å². The zero-order valence-electron chi connectivity index (χ0n) is 17.4. The van der Waals surface area contributed by atoms with Gasteiger partial charge in [0.2, 0.25) is 0 Å². The van der Waals surface area contributed by atoms with Gasteiger partial charge in [0.05, 0.1) is 30.2 Å². The highest BCUT2D eigenvalue weighted by Gasteiger charge is 2.16. The molecule has 9 heteroatoms. The minimum Gasteiger partial charge on any atom is -0.497 e. The topological polar surface area (TPSA) is 105 Å². The van der Waals surface area contributed by atoms with Gasteiger partial charge in [-0.1, -0.05) is 0 Å². The van der Waals surface area contributed by atoms with E-state index in [1.807, 2.05) is 18.2 Å². The summed E-state index contributed by atoms with van der Waals surface area (Å²) in [6, 6.07) is 10.4. The maximum absolute atomic E-state index is 14.1. The monoisotopic (exact) mass is 437 g/mol. The quantitative estimate of drug-likeness (QED) is 0.411. The average molecular weight is 437 g/mol. The first-order valence-corrected chi connectivity index (χ1v) is 10.1. The Morgan fingerprint density at radius 2 is 1.79 bits per heavy atom. The summed E-state index contributed by atoms with van der Waals surface area (Å²) in [4.78, 5) is 20.4. The van der Waals surface area contributed by atoms with Crippen LogP contribution in [0.25, 0.3) is 55.7 Å². The van der Waals surface area contributed by atoms with Crippen molar-refractivity contribution in [2.45, 2.75) is 0 Å². The van der Waals surface area contributed by atoms with E-state index in [2.05, 4.69) is 35.1 Å². The Kier molecular flexibility index (Phi) is 4.32. The summed E-state index contributed by atoms with van der Waals surface area (Å²) < 4.78 is 19.4. The zero-order chi connectivity index (χ0) is 22.4. The molecular weight excluding hydrogens is 421 g/mol. The van der Waals surface area contributed by atoms with Crippen LogP contribution in [0.2, 0.25) is 0 Å². The number of ether oxygens (including phenoxy) is 1. The summed E-state index contributed by atoms with van der Waals surface area (Å²) in [5.74, 6) is 0.0854. The van der Waals surface area contributed by atoms with Gasteiger partial charge in [-0.05, 0) is 41.5 Å². The third-order valence-corrected chi connectivity index (χ3v) is 5.51. The Balaban J connectivity index is 1.50. The number of fused-ring (bicyclic) bond motifs is 2. The number of aromatic amines is 2. The number of hydrogen-bond acceptors (Lipinski definition) is 6. The van der Waals surface area contributed by atoms with Gasteiger partial charge >= 0.3 is 0 Å². The minimum atomic E-state index is -0.367. The summed E-state index contributed by atoms with van der Waals surface area (Å²) in [5.41, 5.74) is 6.07. The van der Waals surface area contributed by atoms with Crippen LogP contribution in [0.15, 0.2) is 67.5 Å². The summed E-state index contributed by atoms with van der Waals surface area (Å²) in [6.07, 6.45) is 8.34. The third-order valence-electron chi connectivity index (χ3n) is 5.51. The van der Waals surface area contributed by atoms with Crippen LogP contribution < -0.4 is 4.74 Å². The smallest absolute Gasteiger partial charge is 0.138 e. The van der Waals surface area contributed by atoms with Crippen LogP contribution in [-0.2, 0) is 0 Å². The lowest BCUT2D eigenvalue weighted by Gasteiger charge is -2.06. The first-order chi connectivity index (χ1) is 16.2. The second-order valence-corrected chi connectivity index (χ2v) is 7.50. The van der Waals surface area contributed by atoms with E-state index in [0.29, 0.717) is 17.0 Å². The number of rotatable bonds is 4. The minimum absolute atomic E-state index is 0.367. The van der Waals surface area contributed by atoms with Crippen molar-refractivity contribution in [3.8, 4) is 39.5 Å². The Hall–Kier alpha value is -4.66. The number of hydrogen-bond donors (Lipinski definition) is 2. The Morgan fingerprint density at radius 3 is 2.64 bits per heavy atom. The summed E-state index contributed by atoms with van der Waals surface area (Å²) in [7, 11) is 1.52. The van der Waals surface area contributed by atoms with Crippen molar-refractivity contribution < 1.29 is 9.13 Å². The van der Waals surface area contributed by atoms with E-state index in [1.54, 1.807) is 30.9 Å². The lowest BCUT2D eigenvalue weighted by molar-refractivity contribution is 0.411. The van der Waals surface area contributed by atoms with Gasteiger partial charge < -0.3 is 9.72 Å². The van der Waals surface area contributed by atoms with Gasteiger partial charge in [-0.15, -0.1) is 0 Å². The highest BCUT2D eigenvalue weighted by molar-refractivity contribution is 6.00. The number of H-pyrrole nitrogens is 2. The maximum atomic E-state index is 14.1. The molecule has 0 aliphatic carbocycles. The van der Waals surface area contributed by atoms with Crippen LogP contribution in [0.1, 0.15) is 0 Å². The SMILES string of the molecule is COc1cc(F)cc(-c2ccnc3[nH]c(-c4n[nH]c5cnc(-c6cncnc6)cc45)cc23)c1. The van der Waals surface area contributed by atoms with Crippen LogP contribution in [-0.4, -0.2) is 42.2 Å². The molecule has 5 aromatic heterocycles. The van der Waals surface area contributed by atoms with E-state index in [1.165, 1.54) is 25.6 Å². The molecule has 0 amide bonds. The van der Waals surface area contributed by atoms with E-state index < -0.39 is 0 Å². The van der Waals surface area contributed by atoms with Crippen molar-refractivity contribution in [3.63, 3.8) is 0 Å². The molecule has 0 aliphatic rings. The molecule has 0 bridgehead atoms. The van der Waals surface area contributed by atoms with Gasteiger partial charge in [0, 0.05) is 41.0 Å². The van der Waals surface area contributed by atoms with Crippen molar-refractivity contribution >= 4 is 21.9 Å². The fraction of sp³-hybridized carbons (Fsp3) is 0.0417. The molecule has 2 N–H and O–H groups in total. The molecule has 0 radical (unpaired) electrons. The second kappa shape index (κ2) is 7.49. The maximum Gasteiger partial charge on any atom is 0.138 e. The molecule has 33 heavy (non-hydrogen) atoms. The number of benzene rings is 1. The molecular formula is C24H16FN7O. The highest BCUT2D eigenvalue weighted by Crippen LogP contribution is 2.35. The standard InChI is InChI=1S/C24H16FN7O/c1-33-16-5-13(4-15(25)6-16)17-2-3-28-24-18(17)7-21(30-24)23-19-8-20(14-9-26-12-27-10-14)29-11-22(19)31-32-23/h2-12H,1H3,(H,28,30)(H,31,32). The lowest BCUT2D eigenvalue weighted by atomic mass is 10.0. The zero-order valence-corrected chi connectivity index (χ0v) is 17.4. The summed E-state index contributed by atoms with van der Waals surface area (Å²) in [5, 5.41) is 9.27.